The Balaban J connectivity index is 2.22. The summed E-state index contributed by atoms with van der Waals surface area (Å²) in [4.78, 5) is 17.3. The number of hydrogen-bond donors (Lipinski definition) is 2. The predicted molar refractivity (Wildman–Crippen MR) is 84.6 cm³/mol. The average Bonchev–Trinajstić information content (AvgIpc) is 2.42. The van der Waals surface area contributed by atoms with Crippen molar-refractivity contribution < 1.29 is 4.79 Å². The van der Waals surface area contributed by atoms with Crippen LogP contribution in [0.5, 0.6) is 0 Å². The van der Waals surface area contributed by atoms with Crippen LogP contribution in [0.1, 0.15) is 43.5 Å². The van der Waals surface area contributed by atoms with E-state index in [-0.39, 0.29) is 5.91 Å². The predicted octanol–water partition coefficient (Wildman–Crippen LogP) is 2.87. The number of aromatic nitrogens is 1. The highest BCUT2D eigenvalue weighted by Crippen LogP contribution is 2.38. The van der Waals surface area contributed by atoms with E-state index >= 15 is 0 Å². The molecule has 1 aliphatic rings. The molecule has 2 rings (SSSR count). The Labute approximate surface area is 125 Å². The number of aryl methyl sites for hydroxylation is 2. The highest BCUT2D eigenvalue weighted by molar-refractivity contribution is 7.80. The van der Waals surface area contributed by atoms with Crippen LogP contribution in [-0.4, -0.2) is 15.9 Å². The van der Waals surface area contributed by atoms with Gasteiger partial charge < -0.3 is 11.1 Å². The standard InChI is InChI=1S/C15H21N3OS/c1-10-6-7-12(11(2)17-10)18-14(19)15(13(16)20)8-4-3-5-9-15/h6-7H,3-5,8-9H2,1-2H3,(H2,16,20)(H,18,19). The first-order chi connectivity index (χ1) is 9.45. The van der Waals surface area contributed by atoms with Crippen molar-refractivity contribution in [2.45, 2.75) is 46.0 Å². The summed E-state index contributed by atoms with van der Waals surface area (Å²) in [5.74, 6) is -0.0848. The summed E-state index contributed by atoms with van der Waals surface area (Å²) < 4.78 is 0. The van der Waals surface area contributed by atoms with Crippen LogP contribution in [0.15, 0.2) is 12.1 Å². The van der Waals surface area contributed by atoms with E-state index in [1.807, 2.05) is 26.0 Å². The van der Waals surface area contributed by atoms with Gasteiger partial charge in [-0.2, -0.15) is 0 Å². The summed E-state index contributed by atoms with van der Waals surface area (Å²) in [5.41, 5.74) is 7.67. The summed E-state index contributed by atoms with van der Waals surface area (Å²) in [7, 11) is 0. The number of carbonyl (C=O) groups excluding carboxylic acids is 1. The Morgan fingerprint density at radius 3 is 2.50 bits per heavy atom. The molecule has 20 heavy (non-hydrogen) atoms. The van der Waals surface area contributed by atoms with E-state index in [4.69, 9.17) is 18.0 Å². The molecule has 1 fully saturated rings. The van der Waals surface area contributed by atoms with Crippen molar-refractivity contribution in [3.8, 4) is 0 Å². The number of nitrogens with one attached hydrogen (secondary N) is 1. The minimum Gasteiger partial charge on any atom is -0.392 e. The normalized spacial score (nSPS) is 17.5. The smallest absolute Gasteiger partial charge is 0.237 e. The van der Waals surface area contributed by atoms with Gasteiger partial charge in [0.1, 0.15) is 0 Å². The van der Waals surface area contributed by atoms with E-state index in [1.54, 1.807) is 0 Å². The molecule has 0 radical (unpaired) electrons. The number of thiocarbonyl (C=S) groups is 1. The molecule has 0 saturated heterocycles. The molecule has 1 aromatic heterocycles. The Kier molecular flexibility index (Phi) is 4.38. The molecule has 5 heteroatoms. The van der Waals surface area contributed by atoms with Crippen molar-refractivity contribution in [1.82, 2.24) is 4.98 Å². The van der Waals surface area contributed by atoms with Gasteiger partial charge in [0.2, 0.25) is 5.91 Å². The van der Waals surface area contributed by atoms with Gasteiger partial charge in [0.25, 0.3) is 0 Å². The van der Waals surface area contributed by atoms with Gasteiger partial charge in [0, 0.05) is 5.69 Å². The SMILES string of the molecule is Cc1ccc(NC(=O)C2(C(N)=S)CCCCC2)c(C)n1. The third-order valence-electron chi connectivity index (χ3n) is 4.09. The van der Waals surface area contributed by atoms with E-state index in [0.717, 1.165) is 49.2 Å². The van der Waals surface area contributed by atoms with Crippen LogP contribution in [0.4, 0.5) is 5.69 Å². The molecule has 1 aliphatic carbocycles. The quantitative estimate of drug-likeness (QED) is 0.840. The number of anilines is 1. The van der Waals surface area contributed by atoms with Crippen LogP contribution in [-0.2, 0) is 4.79 Å². The molecule has 0 aromatic carbocycles. The zero-order chi connectivity index (χ0) is 14.8. The second-order valence-electron chi connectivity index (χ2n) is 5.55. The number of hydrogen-bond acceptors (Lipinski definition) is 3. The van der Waals surface area contributed by atoms with Gasteiger partial charge >= 0.3 is 0 Å². The monoisotopic (exact) mass is 291 g/mol. The Morgan fingerprint density at radius 2 is 1.95 bits per heavy atom. The van der Waals surface area contributed by atoms with Crippen molar-refractivity contribution in [1.29, 1.82) is 0 Å². The van der Waals surface area contributed by atoms with E-state index in [9.17, 15) is 4.79 Å². The van der Waals surface area contributed by atoms with Crippen LogP contribution < -0.4 is 11.1 Å². The van der Waals surface area contributed by atoms with Crippen LogP contribution in [0.3, 0.4) is 0 Å². The topological polar surface area (TPSA) is 68.0 Å². The molecule has 0 bridgehead atoms. The zero-order valence-corrected chi connectivity index (χ0v) is 12.8. The van der Waals surface area contributed by atoms with E-state index in [2.05, 4.69) is 10.3 Å². The summed E-state index contributed by atoms with van der Waals surface area (Å²) in [6.45, 7) is 3.81. The molecule has 108 valence electrons. The zero-order valence-electron chi connectivity index (χ0n) is 12.0. The van der Waals surface area contributed by atoms with Crippen molar-refractivity contribution in [2.24, 2.45) is 11.1 Å². The Morgan fingerprint density at radius 1 is 1.30 bits per heavy atom. The first kappa shape index (κ1) is 14.9. The molecule has 1 saturated carbocycles. The number of nitrogens with zero attached hydrogens (tertiary/aromatic N) is 1. The number of carbonyl (C=O) groups is 1. The molecule has 0 spiro atoms. The number of amides is 1. The molecule has 1 amide bonds. The van der Waals surface area contributed by atoms with E-state index in [0.29, 0.717) is 4.99 Å². The van der Waals surface area contributed by atoms with Crippen molar-refractivity contribution in [3.05, 3.63) is 23.5 Å². The van der Waals surface area contributed by atoms with Gasteiger partial charge in [0.15, 0.2) is 0 Å². The lowest BCUT2D eigenvalue weighted by Gasteiger charge is -2.34. The summed E-state index contributed by atoms with van der Waals surface area (Å²) >= 11 is 5.18. The number of rotatable bonds is 3. The lowest BCUT2D eigenvalue weighted by molar-refractivity contribution is -0.123. The molecule has 1 heterocycles. The lowest BCUT2D eigenvalue weighted by Crippen LogP contribution is -2.47. The van der Waals surface area contributed by atoms with Crippen molar-refractivity contribution in [3.63, 3.8) is 0 Å². The molecule has 0 aliphatic heterocycles. The molecule has 4 nitrogen and oxygen atoms in total. The molecule has 1 aromatic rings. The molecule has 0 atom stereocenters. The van der Waals surface area contributed by atoms with Gasteiger partial charge in [-0.3, -0.25) is 9.78 Å². The van der Waals surface area contributed by atoms with Crippen molar-refractivity contribution >= 4 is 28.8 Å². The van der Waals surface area contributed by atoms with Crippen LogP contribution in [0.2, 0.25) is 0 Å². The molecular weight excluding hydrogens is 270 g/mol. The highest BCUT2D eigenvalue weighted by atomic mass is 32.1. The Bertz CT molecular complexity index is 536. The summed E-state index contributed by atoms with van der Waals surface area (Å²) in [6.07, 6.45) is 4.62. The molecule has 0 unspecified atom stereocenters. The van der Waals surface area contributed by atoms with Gasteiger partial charge in [-0.15, -0.1) is 0 Å². The third kappa shape index (κ3) is 2.82. The van der Waals surface area contributed by atoms with Gasteiger partial charge in [-0.25, -0.2) is 0 Å². The van der Waals surface area contributed by atoms with Gasteiger partial charge in [-0.05, 0) is 38.8 Å². The largest absolute Gasteiger partial charge is 0.392 e. The maximum atomic E-state index is 12.7. The first-order valence-electron chi connectivity index (χ1n) is 7.01. The van der Waals surface area contributed by atoms with Gasteiger partial charge in [-0.1, -0.05) is 31.5 Å². The maximum absolute atomic E-state index is 12.7. The van der Waals surface area contributed by atoms with E-state index in [1.165, 1.54) is 0 Å². The lowest BCUT2D eigenvalue weighted by atomic mass is 9.73. The summed E-state index contributed by atoms with van der Waals surface area (Å²) in [5, 5.41) is 2.96. The van der Waals surface area contributed by atoms with Gasteiger partial charge in [0.05, 0.1) is 21.8 Å². The molecular formula is C15H21N3OS. The van der Waals surface area contributed by atoms with Crippen LogP contribution in [0.25, 0.3) is 0 Å². The fourth-order valence-electron chi connectivity index (χ4n) is 2.80. The second kappa shape index (κ2) is 5.87. The third-order valence-corrected chi connectivity index (χ3v) is 4.48. The van der Waals surface area contributed by atoms with Crippen LogP contribution in [0, 0.1) is 19.3 Å². The minimum atomic E-state index is -0.690. The minimum absolute atomic E-state index is 0.0848. The fraction of sp³-hybridized carbons (Fsp3) is 0.533. The summed E-state index contributed by atoms with van der Waals surface area (Å²) in [6, 6.07) is 3.77. The molecule has 3 N–H and O–H groups in total. The Hall–Kier alpha value is -1.49. The van der Waals surface area contributed by atoms with Crippen LogP contribution >= 0.6 is 12.2 Å². The highest BCUT2D eigenvalue weighted by Gasteiger charge is 2.42. The number of pyridine rings is 1. The maximum Gasteiger partial charge on any atom is 0.237 e. The second-order valence-corrected chi connectivity index (χ2v) is 5.99. The number of nitrogens with two attached hydrogens (primary N) is 1. The fourth-order valence-corrected chi connectivity index (χ4v) is 3.10. The van der Waals surface area contributed by atoms with E-state index < -0.39 is 5.41 Å². The average molecular weight is 291 g/mol. The van der Waals surface area contributed by atoms with Crippen molar-refractivity contribution in [2.75, 3.05) is 5.32 Å². The first-order valence-corrected chi connectivity index (χ1v) is 7.42.